The average Bonchev–Trinajstić information content (AvgIpc) is 2.28. The van der Waals surface area contributed by atoms with Gasteiger partial charge in [0.2, 0.25) is 0 Å². The van der Waals surface area contributed by atoms with Gasteiger partial charge in [-0.05, 0) is 24.1 Å². The molecule has 0 aliphatic carbocycles. The van der Waals surface area contributed by atoms with E-state index >= 15 is 0 Å². The highest BCUT2D eigenvalue weighted by atomic mass is 35.5. The van der Waals surface area contributed by atoms with Crippen LogP contribution in [0.25, 0.3) is 0 Å². The van der Waals surface area contributed by atoms with Crippen molar-refractivity contribution in [1.29, 1.82) is 0 Å². The molecule has 5 heteroatoms. The summed E-state index contributed by atoms with van der Waals surface area (Å²) in [7, 11) is 0. The van der Waals surface area contributed by atoms with Gasteiger partial charge in [-0.3, -0.25) is 4.79 Å². The molecule has 1 aliphatic rings. The zero-order valence-corrected chi connectivity index (χ0v) is 9.33. The molecule has 1 amide bonds. The van der Waals surface area contributed by atoms with Crippen LogP contribution in [-0.4, -0.2) is 29.6 Å². The van der Waals surface area contributed by atoms with E-state index in [1.807, 2.05) is 6.07 Å². The normalized spacial score (nSPS) is 16.0. The van der Waals surface area contributed by atoms with Crippen LogP contribution in [0.15, 0.2) is 18.2 Å². The van der Waals surface area contributed by atoms with E-state index in [0.717, 1.165) is 5.56 Å². The highest BCUT2D eigenvalue weighted by molar-refractivity contribution is 6.18. The molecule has 0 spiro atoms. The standard InChI is InChI=1S/C11H12ClNO3/c12-5-8(14)3-7-1-2-10-9(4-7)13-11(15)6-16-10/h1-2,4,8,14H,3,5-6H2,(H,13,15). The average molecular weight is 242 g/mol. The molecular formula is C11H12ClNO3. The number of aliphatic hydroxyl groups is 1. The molecule has 0 bridgehead atoms. The Bertz CT molecular complexity index is 408. The Labute approximate surface area is 98.2 Å². The van der Waals surface area contributed by atoms with Crippen molar-refractivity contribution in [3.63, 3.8) is 0 Å². The van der Waals surface area contributed by atoms with Crippen molar-refractivity contribution in [2.75, 3.05) is 17.8 Å². The lowest BCUT2D eigenvalue weighted by Crippen LogP contribution is -2.25. The number of halogens is 1. The minimum atomic E-state index is -0.570. The number of alkyl halides is 1. The molecule has 0 aromatic heterocycles. The van der Waals surface area contributed by atoms with Gasteiger partial charge in [-0.15, -0.1) is 11.6 Å². The van der Waals surface area contributed by atoms with Crippen molar-refractivity contribution >= 4 is 23.2 Å². The third kappa shape index (κ3) is 2.46. The largest absolute Gasteiger partial charge is 0.482 e. The molecule has 2 rings (SSSR count). The molecule has 4 nitrogen and oxygen atoms in total. The lowest BCUT2D eigenvalue weighted by molar-refractivity contribution is -0.118. The van der Waals surface area contributed by atoms with E-state index < -0.39 is 6.10 Å². The molecule has 1 aliphatic heterocycles. The third-order valence-electron chi connectivity index (χ3n) is 2.33. The summed E-state index contributed by atoms with van der Waals surface area (Å²) >= 11 is 5.52. The second-order valence-electron chi connectivity index (χ2n) is 3.68. The highest BCUT2D eigenvalue weighted by Gasteiger charge is 2.16. The lowest BCUT2D eigenvalue weighted by Gasteiger charge is -2.18. The number of ether oxygens (including phenoxy) is 1. The van der Waals surface area contributed by atoms with E-state index in [1.54, 1.807) is 12.1 Å². The Hall–Kier alpha value is -1.26. The summed E-state index contributed by atoms with van der Waals surface area (Å²) in [4.78, 5) is 11.1. The van der Waals surface area contributed by atoms with Gasteiger partial charge in [0.15, 0.2) is 6.61 Å². The Morgan fingerprint density at radius 3 is 3.12 bits per heavy atom. The molecule has 1 atom stereocenters. The van der Waals surface area contributed by atoms with Crippen molar-refractivity contribution in [2.45, 2.75) is 12.5 Å². The monoisotopic (exact) mass is 241 g/mol. The van der Waals surface area contributed by atoms with Crippen LogP contribution in [0.2, 0.25) is 0 Å². The number of fused-ring (bicyclic) bond motifs is 1. The van der Waals surface area contributed by atoms with Crippen molar-refractivity contribution in [1.82, 2.24) is 0 Å². The number of hydrogen-bond acceptors (Lipinski definition) is 3. The predicted octanol–water partition coefficient (Wildman–Crippen LogP) is 1.16. The number of anilines is 1. The number of rotatable bonds is 3. The SMILES string of the molecule is O=C1COc2ccc(CC(O)CCl)cc2N1. The minimum absolute atomic E-state index is 0.0522. The van der Waals surface area contributed by atoms with Gasteiger partial charge in [0, 0.05) is 5.88 Å². The third-order valence-corrected chi connectivity index (χ3v) is 2.68. The first-order valence-corrected chi connectivity index (χ1v) is 5.52. The van der Waals surface area contributed by atoms with Crippen LogP contribution in [0.4, 0.5) is 5.69 Å². The molecule has 0 saturated carbocycles. The summed E-state index contributed by atoms with van der Waals surface area (Å²) in [6.07, 6.45) is -0.105. The van der Waals surface area contributed by atoms with Gasteiger partial charge in [-0.1, -0.05) is 6.07 Å². The Balaban J connectivity index is 2.18. The topological polar surface area (TPSA) is 58.6 Å². The smallest absolute Gasteiger partial charge is 0.262 e. The molecule has 1 aromatic rings. The number of amides is 1. The minimum Gasteiger partial charge on any atom is -0.482 e. The quantitative estimate of drug-likeness (QED) is 0.781. The van der Waals surface area contributed by atoms with Crippen molar-refractivity contribution < 1.29 is 14.6 Å². The van der Waals surface area contributed by atoms with Gasteiger partial charge in [-0.2, -0.15) is 0 Å². The number of carbonyl (C=O) groups is 1. The maximum absolute atomic E-state index is 11.1. The van der Waals surface area contributed by atoms with Crippen molar-refractivity contribution in [3.8, 4) is 5.75 Å². The Morgan fingerprint density at radius 1 is 1.56 bits per heavy atom. The summed E-state index contributed by atoms with van der Waals surface area (Å²) in [5.74, 6) is 0.686. The van der Waals surface area contributed by atoms with Crippen LogP contribution in [0, 0.1) is 0 Å². The van der Waals surface area contributed by atoms with Gasteiger partial charge in [0.05, 0.1) is 11.8 Å². The maximum atomic E-state index is 11.1. The van der Waals surface area contributed by atoms with Gasteiger partial charge < -0.3 is 15.2 Å². The van der Waals surface area contributed by atoms with Crippen molar-refractivity contribution in [2.24, 2.45) is 0 Å². The number of hydrogen-bond donors (Lipinski definition) is 2. The summed E-state index contributed by atoms with van der Waals surface area (Å²) in [5, 5.41) is 12.1. The highest BCUT2D eigenvalue weighted by Crippen LogP contribution is 2.28. The van der Waals surface area contributed by atoms with E-state index in [-0.39, 0.29) is 18.4 Å². The molecule has 1 unspecified atom stereocenters. The van der Waals surface area contributed by atoms with E-state index in [1.165, 1.54) is 0 Å². The number of aliphatic hydroxyl groups excluding tert-OH is 1. The molecule has 0 fully saturated rings. The van der Waals surface area contributed by atoms with E-state index in [9.17, 15) is 9.90 Å². The number of benzene rings is 1. The first-order chi connectivity index (χ1) is 7.69. The van der Waals surface area contributed by atoms with Crippen molar-refractivity contribution in [3.05, 3.63) is 23.8 Å². The Morgan fingerprint density at radius 2 is 2.38 bits per heavy atom. The molecule has 1 aromatic carbocycles. The van der Waals surface area contributed by atoms with Crippen LogP contribution in [0.5, 0.6) is 5.75 Å². The fourth-order valence-electron chi connectivity index (χ4n) is 1.58. The molecule has 86 valence electrons. The van der Waals surface area contributed by atoms with Gasteiger partial charge in [-0.25, -0.2) is 0 Å². The van der Waals surface area contributed by atoms with E-state index in [0.29, 0.717) is 17.9 Å². The van der Waals surface area contributed by atoms with Crippen LogP contribution >= 0.6 is 11.6 Å². The fourth-order valence-corrected chi connectivity index (χ4v) is 1.69. The zero-order chi connectivity index (χ0) is 11.5. The van der Waals surface area contributed by atoms with Gasteiger partial charge in [0.1, 0.15) is 5.75 Å². The van der Waals surface area contributed by atoms with Crippen LogP contribution < -0.4 is 10.1 Å². The van der Waals surface area contributed by atoms with Crippen LogP contribution in [0.3, 0.4) is 0 Å². The first kappa shape index (κ1) is 11.2. The number of nitrogens with one attached hydrogen (secondary N) is 1. The van der Waals surface area contributed by atoms with Crippen LogP contribution in [0.1, 0.15) is 5.56 Å². The summed E-state index contributed by atoms with van der Waals surface area (Å²) < 4.78 is 5.22. The molecule has 0 radical (unpaired) electrons. The van der Waals surface area contributed by atoms with Crippen LogP contribution in [-0.2, 0) is 11.2 Å². The summed E-state index contributed by atoms with van der Waals surface area (Å²) in [5.41, 5.74) is 1.56. The first-order valence-electron chi connectivity index (χ1n) is 4.98. The molecule has 2 N–H and O–H groups in total. The van der Waals surface area contributed by atoms with E-state index in [4.69, 9.17) is 16.3 Å². The number of carbonyl (C=O) groups excluding carboxylic acids is 1. The zero-order valence-electron chi connectivity index (χ0n) is 8.57. The second-order valence-corrected chi connectivity index (χ2v) is 3.99. The van der Waals surface area contributed by atoms with E-state index in [2.05, 4.69) is 5.32 Å². The molecular weight excluding hydrogens is 230 g/mol. The Kier molecular flexibility index (Phi) is 3.31. The molecule has 0 saturated heterocycles. The lowest BCUT2D eigenvalue weighted by atomic mass is 10.1. The summed E-state index contributed by atoms with van der Waals surface area (Å²) in [6, 6.07) is 5.43. The predicted molar refractivity (Wildman–Crippen MR) is 61.0 cm³/mol. The van der Waals surface area contributed by atoms with Gasteiger partial charge in [0.25, 0.3) is 5.91 Å². The fraction of sp³-hybridized carbons (Fsp3) is 0.364. The second kappa shape index (κ2) is 4.72. The summed E-state index contributed by atoms with van der Waals surface area (Å²) in [6.45, 7) is 0.0522. The molecule has 16 heavy (non-hydrogen) atoms. The maximum Gasteiger partial charge on any atom is 0.262 e. The molecule has 1 heterocycles. The van der Waals surface area contributed by atoms with Gasteiger partial charge >= 0.3 is 0 Å².